The highest BCUT2D eigenvalue weighted by Crippen LogP contribution is 2.35. The lowest BCUT2D eigenvalue weighted by atomic mass is 9.90. The van der Waals surface area contributed by atoms with E-state index in [0.717, 1.165) is 16.3 Å². The van der Waals surface area contributed by atoms with E-state index in [0.29, 0.717) is 29.2 Å². The Morgan fingerprint density at radius 2 is 2.17 bits per heavy atom. The lowest BCUT2D eigenvalue weighted by molar-refractivity contribution is 0.0966. The highest BCUT2D eigenvalue weighted by molar-refractivity contribution is 9.10. The van der Waals surface area contributed by atoms with Gasteiger partial charge in [0.2, 0.25) is 10.0 Å². The van der Waals surface area contributed by atoms with Crippen LogP contribution in [0.4, 0.5) is 11.5 Å². The fourth-order valence-electron chi connectivity index (χ4n) is 2.81. The number of nitrogens with zero attached hydrogens (tertiary/aromatic N) is 1. The Hall–Kier alpha value is -1.93. The van der Waals surface area contributed by atoms with E-state index >= 15 is 0 Å². The maximum absolute atomic E-state index is 13.0. The molecule has 1 atom stereocenters. The summed E-state index contributed by atoms with van der Waals surface area (Å²) >= 11 is 3.38. The van der Waals surface area contributed by atoms with Gasteiger partial charge in [0.1, 0.15) is 5.82 Å². The number of carbonyl (C=O) groups excluding carboxylic acids is 1. The zero-order valence-electron chi connectivity index (χ0n) is 13.1. The van der Waals surface area contributed by atoms with Gasteiger partial charge in [0.05, 0.1) is 17.9 Å². The van der Waals surface area contributed by atoms with Crippen molar-refractivity contribution in [1.82, 2.24) is 4.98 Å². The van der Waals surface area contributed by atoms with Crippen LogP contribution in [0.3, 0.4) is 0 Å². The first-order valence-electron chi connectivity index (χ1n) is 7.27. The summed E-state index contributed by atoms with van der Waals surface area (Å²) in [6.45, 7) is 2.21. The Labute approximate surface area is 148 Å². The molecule has 2 N–H and O–H groups in total. The highest BCUT2D eigenvalue weighted by Gasteiger charge is 2.31. The van der Waals surface area contributed by atoms with Gasteiger partial charge in [-0.3, -0.25) is 9.52 Å². The zero-order chi connectivity index (χ0) is 17.5. The average Bonchev–Trinajstić information content (AvgIpc) is 2.90. The molecule has 0 radical (unpaired) electrons. The lowest BCUT2D eigenvalue weighted by Crippen LogP contribution is -2.17. The van der Waals surface area contributed by atoms with Gasteiger partial charge in [0.25, 0.3) is 0 Å². The van der Waals surface area contributed by atoms with E-state index in [1.54, 1.807) is 31.3 Å². The van der Waals surface area contributed by atoms with Crippen molar-refractivity contribution in [1.29, 1.82) is 0 Å². The quantitative estimate of drug-likeness (QED) is 0.757. The molecule has 8 heteroatoms. The number of aromatic nitrogens is 1. The van der Waals surface area contributed by atoms with Gasteiger partial charge in [-0.1, -0.05) is 12.1 Å². The van der Waals surface area contributed by atoms with Gasteiger partial charge < -0.3 is 5.32 Å². The summed E-state index contributed by atoms with van der Waals surface area (Å²) in [6.07, 6.45) is 2.77. The monoisotopic (exact) mass is 409 g/mol. The molecular formula is C16H16BrN3O3S. The van der Waals surface area contributed by atoms with Gasteiger partial charge in [-0.15, -0.1) is 0 Å². The predicted molar refractivity (Wildman–Crippen MR) is 97.1 cm³/mol. The summed E-state index contributed by atoms with van der Waals surface area (Å²) in [5.41, 5.74) is 2.38. The minimum atomic E-state index is -3.41. The molecule has 1 unspecified atom stereocenters. The molecule has 0 fully saturated rings. The predicted octanol–water partition coefficient (Wildman–Crippen LogP) is 2.92. The van der Waals surface area contributed by atoms with Crippen LogP contribution in [-0.4, -0.2) is 32.0 Å². The van der Waals surface area contributed by atoms with E-state index in [2.05, 4.69) is 31.0 Å². The Balaban J connectivity index is 1.98. The van der Waals surface area contributed by atoms with Crippen molar-refractivity contribution in [3.05, 3.63) is 51.6 Å². The van der Waals surface area contributed by atoms with Crippen molar-refractivity contribution in [3.63, 3.8) is 0 Å². The maximum atomic E-state index is 13.0. The molecular weight excluding hydrogens is 394 g/mol. The van der Waals surface area contributed by atoms with Crippen LogP contribution < -0.4 is 10.0 Å². The molecule has 1 aliphatic heterocycles. The van der Waals surface area contributed by atoms with Gasteiger partial charge in [-0.05, 0) is 40.5 Å². The minimum Gasteiger partial charge on any atom is -0.369 e. The molecule has 2 heterocycles. The first kappa shape index (κ1) is 16.9. The molecule has 6 nitrogen and oxygen atoms in total. The summed E-state index contributed by atoms with van der Waals surface area (Å²) in [5, 5.41) is 3.14. The zero-order valence-corrected chi connectivity index (χ0v) is 15.5. The number of rotatable bonds is 4. The van der Waals surface area contributed by atoms with Crippen LogP contribution in [-0.2, 0) is 10.0 Å². The number of pyridine rings is 1. The third-order valence-electron chi connectivity index (χ3n) is 3.94. The van der Waals surface area contributed by atoms with E-state index in [1.807, 2.05) is 6.07 Å². The summed E-state index contributed by atoms with van der Waals surface area (Å²) in [4.78, 5) is 17.3. The second kappa shape index (κ2) is 6.18. The average molecular weight is 410 g/mol. The molecule has 0 saturated heterocycles. The molecule has 2 aromatic rings. The maximum Gasteiger partial charge on any atom is 0.229 e. The molecule has 3 rings (SSSR count). The van der Waals surface area contributed by atoms with Crippen molar-refractivity contribution in [2.24, 2.45) is 0 Å². The Kier molecular flexibility index (Phi) is 4.35. The van der Waals surface area contributed by atoms with Crippen molar-refractivity contribution >= 4 is 43.2 Å². The molecule has 0 aliphatic carbocycles. The molecule has 1 aromatic heterocycles. The SMILES string of the molecule is Cc1c(NS(C)(=O)=O)cccc1C(=O)C1CNc2ncc(Br)cc21. The minimum absolute atomic E-state index is 0.0594. The van der Waals surface area contributed by atoms with Gasteiger partial charge in [-0.2, -0.15) is 0 Å². The molecule has 0 bridgehead atoms. The number of hydrogen-bond donors (Lipinski definition) is 2. The fourth-order valence-corrected chi connectivity index (χ4v) is 3.78. The van der Waals surface area contributed by atoms with E-state index < -0.39 is 10.0 Å². The molecule has 0 spiro atoms. The van der Waals surface area contributed by atoms with Crippen LogP contribution >= 0.6 is 15.9 Å². The Bertz CT molecular complexity index is 928. The highest BCUT2D eigenvalue weighted by atomic mass is 79.9. The third-order valence-corrected chi connectivity index (χ3v) is 4.97. The third kappa shape index (κ3) is 3.29. The number of carbonyl (C=O) groups is 1. The van der Waals surface area contributed by atoms with Gasteiger partial charge in [-0.25, -0.2) is 13.4 Å². The number of anilines is 2. The van der Waals surface area contributed by atoms with Crippen LogP contribution in [0.25, 0.3) is 0 Å². The summed E-state index contributed by atoms with van der Waals surface area (Å²) in [6, 6.07) is 6.93. The van der Waals surface area contributed by atoms with Crippen molar-refractivity contribution in [2.75, 3.05) is 22.8 Å². The fraction of sp³-hybridized carbons (Fsp3) is 0.250. The van der Waals surface area contributed by atoms with Crippen LogP contribution in [0.5, 0.6) is 0 Å². The number of nitrogens with one attached hydrogen (secondary N) is 2. The topological polar surface area (TPSA) is 88.2 Å². The molecule has 24 heavy (non-hydrogen) atoms. The molecule has 1 aromatic carbocycles. The van der Waals surface area contributed by atoms with Gasteiger partial charge >= 0.3 is 0 Å². The van der Waals surface area contributed by atoms with Gasteiger partial charge in [0, 0.05) is 28.3 Å². The first-order valence-corrected chi connectivity index (χ1v) is 9.95. The van der Waals surface area contributed by atoms with Crippen molar-refractivity contribution in [3.8, 4) is 0 Å². The largest absolute Gasteiger partial charge is 0.369 e. The van der Waals surface area contributed by atoms with Crippen molar-refractivity contribution < 1.29 is 13.2 Å². The van der Waals surface area contributed by atoms with Crippen LogP contribution in [0.1, 0.15) is 27.4 Å². The Morgan fingerprint density at radius 1 is 1.42 bits per heavy atom. The van der Waals surface area contributed by atoms with E-state index in [1.165, 1.54) is 0 Å². The normalized spacial score (nSPS) is 16.4. The number of fused-ring (bicyclic) bond motifs is 1. The standard InChI is InChI=1S/C16H16BrN3O3S/c1-9-11(4-3-5-14(9)20-24(2,22)23)15(21)13-8-19-16-12(13)6-10(17)7-18-16/h3-7,13,20H,8H2,1-2H3,(H,18,19). The summed E-state index contributed by atoms with van der Waals surface area (Å²) < 4.78 is 26.2. The van der Waals surface area contributed by atoms with E-state index in [9.17, 15) is 13.2 Å². The first-order chi connectivity index (χ1) is 11.3. The second-order valence-electron chi connectivity index (χ2n) is 5.74. The molecule has 126 valence electrons. The Morgan fingerprint density at radius 3 is 2.88 bits per heavy atom. The smallest absolute Gasteiger partial charge is 0.229 e. The van der Waals surface area contributed by atoms with Crippen LogP contribution in [0.15, 0.2) is 34.9 Å². The molecule has 0 amide bonds. The number of hydrogen-bond acceptors (Lipinski definition) is 5. The number of ketones is 1. The van der Waals surface area contributed by atoms with Gasteiger partial charge in [0.15, 0.2) is 5.78 Å². The van der Waals surface area contributed by atoms with Crippen LogP contribution in [0.2, 0.25) is 0 Å². The second-order valence-corrected chi connectivity index (χ2v) is 8.41. The van der Waals surface area contributed by atoms with E-state index in [-0.39, 0.29) is 11.7 Å². The van der Waals surface area contributed by atoms with Crippen LogP contribution in [0, 0.1) is 6.92 Å². The summed E-state index contributed by atoms with van der Waals surface area (Å²) in [7, 11) is -3.41. The van der Waals surface area contributed by atoms with Crippen molar-refractivity contribution in [2.45, 2.75) is 12.8 Å². The molecule has 1 aliphatic rings. The number of Topliss-reactive ketones (excluding diaryl/α,β-unsaturated/α-hetero) is 1. The summed E-state index contributed by atoms with van der Waals surface area (Å²) in [5.74, 6) is 0.299. The lowest BCUT2D eigenvalue weighted by Gasteiger charge is -2.14. The molecule has 0 saturated carbocycles. The number of benzene rings is 1. The van der Waals surface area contributed by atoms with E-state index in [4.69, 9.17) is 0 Å². The number of sulfonamides is 1. The number of halogens is 1.